The van der Waals surface area contributed by atoms with Crippen LogP contribution in [0, 0.1) is 0 Å². The van der Waals surface area contributed by atoms with Crippen LogP contribution in [-0.4, -0.2) is 30.9 Å². The van der Waals surface area contributed by atoms with E-state index in [9.17, 15) is 0 Å². The summed E-state index contributed by atoms with van der Waals surface area (Å²) in [5.41, 5.74) is 2.78. The predicted molar refractivity (Wildman–Crippen MR) is 121 cm³/mol. The van der Waals surface area contributed by atoms with Crippen LogP contribution in [0.5, 0.6) is 0 Å². The Bertz CT molecular complexity index is 680. The van der Waals surface area contributed by atoms with E-state index >= 15 is 0 Å². The molecule has 0 saturated carbocycles. The molecule has 1 aromatic heterocycles. The monoisotopic (exact) mass is 476 g/mol. The van der Waals surface area contributed by atoms with Crippen molar-refractivity contribution in [2.75, 3.05) is 0 Å². The molecule has 27 heavy (non-hydrogen) atoms. The number of aromatic nitrogens is 2. The van der Waals surface area contributed by atoms with Crippen LogP contribution in [0.15, 0.2) is 18.2 Å². The first-order valence-electron chi connectivity index (χ1n) is 11.2. The van der Waals surface area contributed by atoms with Gasteiger partial charge in [0.1, 0.15) is 0 Å². The van der Waals surface area contributed by atoms with Gasteiger partial charge >= 0.3 is 178 Å². The summed E-state index contributed by atoms with van der Waals surface area (Å²) >= 11 is -0.793. The minimum absolute atomic E-state index is 0.581. The van der Waals surface area contributed by atoms with Crippen LogP contribution in [0.2, 0.25) is 3.43 Å². The van der Waals surface area contributed by atoms with Crippen molar-refractivity contribution in [1.82, 2.24) is 9.78 Å². The van der Waals surface area contributed by atoms with Gasteiger partial charge in [0, 0.05) is 0 Å². The first-order valence-corrected chi connectivity index (χ1v) is 14.1. The number of fused-ring (bicyclic) bond motifs is 1. The minimum atomic E-state index is -0.793. The number of hydrogen-bond donors (Lipinski definition) is 0. The number of rotatable bonds is 12. The number of unbranched alkanes of at least 4 members (excludes halogenated alkanes) is 3. The van der Waals surface area contributed by atoms with E-state index in [1.54, 1.807) is 0 Å². The average molecular weight is 475 g/mol. The molecule has 2 aromatic rings. The van der Waals surface area contributed by atoms with Gasteiger partial charge in [0.05, 0.1) is 0 Å². The summed E-state index contributed by atoms with van der Waals surface area (Å²) in [7, 11) is 2.13. The summed E-state index contributed by atoms with van der Waals surface area (Å²) in [5, 5.41) is 6.55. The van der Waals surface area contributed by atoms with E-state index in [0.29, 0.717) is 9.35 Å². The molecule has 2 rings (SSSR count). The van der Waals surface area contributed by atoms with E-state index in [-0.39, 0.29) is 0 Å². The van der Waals surface area contributed by atoms with Gasteiger partial charge in [0.2, 0.25) is 0 Å². The van der Waals surface area contributed by atoms with Gasteiger partial charge in [-0.1, -0.05) is 0 Å². The Morgan fingerprint density at radius 3 is 2.00 bits per heavy atom. The Hall–Kier alpha value is -0.511. The molecule has 0 aliphatic carbocycles. The van der Waals surface area contributed by atoms with E-state index in [1.165, 1.54) is 78.0 Å². The van der Waals surface area contributed by atoms with Gasteiger partial charge in [-0.3, -0.25) is 0 Å². The molecule has 0 N–H and O–H groups in total. The Balaban J connectivity index is 2.43. The van der Waals surface area contributed by atoms with Crippen molar-refractivity contribution >= 4 is 35.8 Å². The van der Waals surface area contributed by atoms with Crippen LogP contribution in [-0.2, 0) is 7.05 Å². The van der Waals surface area contributed by atoms with Gasteiger partial charge in [-0.25, -0.2) is 0 Å². The van der Waals surface area contributed by atoms with E-state index in [0.717, 1.165) is 0 Å². The average Bonchev–Trinajstić information content (AvgIpc) is 2.97. The first kappa shape index (κ1) is 22.8. The molecule has 0 amide bonds. The quantitative estimate of drug-likeness (QED) is 0.311. The van der Waals surface area contributed by atoms with Crippen LogP contribution in [0.3, 0.4) is 0 Å². The molecule has 0 atom stereocenters. The van der Waals surface area contributed by atoms with Crippen LogP contribution in [0.1, 0.15) is 104 Å². The van der Waals surface area contributed by atoms with Gasteiger partial charge < -0.3 is 0 Å². The van der Waals surface area contributed by atoms with E-state index in [4.69, 9.17) is 5.10 Å². The first-order chi connectivity index (χ1) is 13.0. The molecule has 3 heteroatoms. The van der Waals surface area contributed by atoms with Crippen molar-refractivity contribution in [3.8, 4) is 0 Å². The second-order valence-electron chi connectivity index (χ2n) is 8.62. The summed E-state index contributed by atoms with van der Waals surface area (Å²) in [4.78, 5) is 0. The second kappa shape index (κ2) is 10.9. The van der Waals surface area contributed by atoms with Gasteiger partial charge in [-0.05, 0) is 0 Å². The molecule has 1 heterocycles. The maximum absolute atomic E-state index is 5.09. The van der Waals surface area contributed by atoms with Crippen molar-refractivity contribution in [2.24, 2.45) is 7.05 Å². The summed E-state index contributed by atoms with van der Waals surface area (Å²) in [6, 6.07) is 7.04. The number of hydrogen-bond acceptors (Lipinski definition) is 1. The Labute approximate surface area is 177 Å². The maximum atomic E-state index is 5.09. The van der Waals surface area contributed by atoms with Crippen LogP contribution >= 0.6 is 0 Å². The molecule has 0 spiro atoms. The fourth-order valence-corrected chi connectivity index (χ4v) is 9.64. The number of aryl methyl sites for hydroxylation is 1. The summed E-state index contributed by atoms with van der Waals surface area (Å²) in [6.07, 6.45) is 12.4. The molecular formula is C24H40N2Sn. The van der Waals surface area contributed by atoms with E-state index in [1.807, 2.05) is 0 Å². The molecule has 0 fully saturated rings. The zero-order valence-corrected chi connectivity index (χ0v) is 21.4. The van der Waals surface area contributed by atoms with Crippen molar-refractivity contribution in [1.29, 1.82) is 0 Å². The third kappa shape index (κ3) is 5.98. The zero-order chi connectivity index (χ0) is 19.9. The van der Waals surface area contributed by atoms with Gasteiger partial charge in [-0.2, -0.15) is 0 Å². The van der Waals surface area contributed by atoms with Crippen molar-refractivity contribution in [3.63, 3.8) is 0 Å². The molecule has 1 aromatic carbocycles. The van der Waals surface area contributed by atoms with Gasteiger partial charge in [0.25, 0.3) is 0 Å². The van der Waals surface area contributed by atoms with Gasteiger partial charge in [0.15, 0.2) is 0 Å². The van der Waals surface area contributed by atoms with Crippen molar-refractivity contribution in [2.45, 2.75) is 102 Å². The molecule has 0 unspecified atom stereocenters. The van der Waals surface area contributed by atoms with Gasteiger partial charge in [-0.15, -0.1) is 0 Å². The summed E-state index contributed by atoms with van der Waals surface area (Å²) in [6.45, 7) is 11.6. The molecular weight excluding hydrogens is 435 g/mol. The van der Waals surface area contributed by atoms with Crippen molar-refractivity contribution in [3.05, 3.63) is 23.8 Å². The summed E-state index contributed by atoms with van der Waals surface area (Å²) < 4.78 is 4.24. The molecule has 0 bridgehead atoms. The summed E-state index contributed by atoms with van der Waals surface area (Å²) in [5.74, 6) is 0.581. The topological polar surface area (TPSA) is 17.8 Å². The fourth-order valence-electron chi connectivity index (χ4n) is 4.09. The molecule has 0 saturated heterocycles. The van der Waals surface area contributed by atoms with E-state index < -0.39 is 21.1 Å². The standard InChI is InChI=1S/C13H27.C11H13N2.Sn/c1-4-7-10-13(11-8-5-2)12-9-6-3;1-8(2)9-4-5-11-10(6-9)7-12-13(11)3;/h4-12H2,1-3H3;4-6,8H,1-3H3;. The Morgan fingerprint density at radius 1 is 0.963 bits per heavy atom. The number of nitrogens with zero attached hydrogens (tertiary/aromatic N) is 2. The SMILES string of the molecule is CCCC[C](CCCC)(CCCC)[Sn][c]1nn(C)c2ccc(C(C)C)cc12. The molecule has 0 aliphatic rings. The Morgan fingerprint density at radius 2 is 1.52 bits per heavy atom. The van der Waals surface area contributed by atoms with Crippen molar-refractivity contribution < 1.29 is 0 Å². The van der Waals surface area contributed by atoms with Crippen LogP contribution in [0.25, 0.3) is 10.9 Å². The molecule has 150 valence electrons. The van der Waals surface area contributed by atoms with E-state index in [2.05, 4.69) is 64.5 Å². The number of benzene rings is 1. The Kier molecular flexibility index (Phi) is 9.17. The van der Waals surface area contributed by atoms with Crippen LogP contribution < -0.4 is 3.71 Å². The third-order valence-corrected chi connectivity index (χ3v) is 11.3. The molecule has 2 radical (unpaired) electrons. The predicted octanol–water partition coefficient (Wildman–Crippen LogP) is 6.76. The van der Waals surface area contributed by atoms with Crippen LogP contribution in [0.4, 0.5) is 0 Å². The fraction of sp³-hybridized carbons (Fsp3) is 0.708. The second-order valence-corrected chi connectivity index (χ2v) is 13.7. The third-order valence-electron chi connectivity index (χ3n) is 5.95. The normalized spacial score (nSPS) is 12.4. The molecule has 0 aliphatic heterocycles. The molecule has 2 nitrogen and oxygen atoms in total. The zero-order valence-electron chi connectivity index (χ0n) is 18.6.